The van der Waals surface area contributed by atoms with Crippen LogP contribution >= 0.6 is 0 Å². The number of rotatable bonds is 6. The Morgan fingerprint density at radius 1 is 1.32 bits per heavy atom. The van der Waals surface area contributed by atoms with Crippen molar-refractivity contribution in [3.8, 4) is 11.5 Å². The van der Waals surface area contributed by atoms with E-state index in [1.54, 1.807) is 0 Å². The largest absolute Gasteiger partial charge is 0.466 e. The first-order valence-corrected chi connectivity index (χ1v) is 7.92. The molecule has 0 saturated carbocycles. The first-order valence-electron chi connectivity index (χ1n) is 7.92. The van der Waals surface area contributed by atoms with E-state index in [0.29, 0.717) is 24.4 Å². The first-order chi connectivity index (χ1) is 10.7. The maximum absolute atomic E-state index is 8.99. The summed E-state index contributed by atoms with van der Waals surface area (Å²) in [6.45, 7) is 5.80. The molecule has 1 N–H and O–H groups in total. The van der Waals surface area contributed by atoms with Gasteiger partial charge >= 0.3 is 0 Å². The monoisotopic (exact) mass is 305 g/mol. The molecule has 2 aromatic rings. The van der Waals surface area contributed by atoms with Crippen LogP contribution in [0.15, 0.2) is 14.9 Å². The molecule has 3 heterocycles. The molecule has 1 aliphatic rings. The summed E-state index contributed by atoms with van der Waals surface area (Å²) in [5, 5.41) is 17.3. The van der Waals surface area contributed by atoms with Crippen molar-refractivity contribution in [1.29, 1.82) is 0 Å². The molecule has 22 heavy (non-hydrogen) atoms. The SMILES string of the molecule is Cc1cc(-c2nnc(CN3CCCC3CCCO)o2)c(C)o1. The predicted molar refractivity (Wildman–Crippen MR) is 81.2 cm³/mol. The Labute approximate surface area is 130 Å². The summed E-state index contributed by atoms with van der Waals surface area (Å²) in [5.74, 6) is 2.81. The molecular weight excluding hydrogens is 282 g/mol. The molecule has 2 aromatic heterocycles. The minimum Gasteiger partial charge on any atom is -0.466 e. The molecule has 0 aromatic carbocycles. The van der Waals surface area contributed by atoms with Gasteiger partial charge in [0.05, 0.1) is 12.1 Å². The minimum atomic E-state index is 0.258. The molecule has 1 atom stereocenters. The molecule has 0 aliphatic carbocycles. The van der Waals surface area contributed by atoms with Crippen molar-refractivity contribution >= 4 is 0 Å². The van der Waals surface area contributed by atoms with Crippen LogP contribution in [-0.2, 0) is 6.54 Å². The van der Waals surface area contributed by atoms with Crippen LogP contribution in [0.5, 0.6) is 0 Å². The van der Waals surface area contributed by atoms with Gasteiger partial charge in [0, 0.05) is 12.6 Å². The van der Waals surface area contributed by atoms with Crippen molar-refractivity contribution in [2.24, 2.45) is 0 Å². The number of aryl methyl sites for hydroxylation is 2. The Morgan fingerprint density at radius 3 is 2.91 bits per heavy atom. The molecule has 1 fully saturated rings. The van der Waals surface area contributed by atoms with Crippen molar-refractivity contribution in [2.75, 3.05) is 13.2 Å². The zero-order chi connectivity index (χ0) is 15.5. The van der Waals surface area contributed by atoms with E-state index in [1.807, 2.05) is 19.9 Å². The molecule has 120 valence electrons. The summed E-state index contributed by atoms with van der Waals surface area (Å²) < 4.78 is 11.3. The first kappa shape index (κ1) is 15.2. The number of likely N-dealkylation sites (tertiary alicyclic amines) is 1. The van der Waals surface area contributed by atoms with Crippen LogP contribution in [-0.4, -0.2) is 39.4 Å². The van der Waals surface area contributed by atoms with Gasteiger partial charge in [-0.25, -0.2) is 0 Å². The van der Waals surface area contributed by atoms with Crippen molar-refractivity contribution in [2.45, 2.75) is 52.1 Å². The van der Waals surface area contributed by atoms with Crippen molar-refractivity contribution in [3.63, 3.8) is 0 Å². The summed E-state index contributed by atoms with van der Waals surface area (Å²) in [6, 6.07) is 2.44. The Hall–Kier alpha value is -1.66. The quantitative estimate of drug-likeness (QED) is 0.884. The number of aromatic nitrogens is 2. The van der Waals surface area contributed by atoms with Gasteiger partial charge in [-0.3, -0.25) is 4.90 Å². The number of aliphatic hydroxyl groups excluding tert-OH is 1. The second-order valence-electron chi connectivity index (χ2n) is 5.96. The standard InChI is InChI=1S/C16H23N3O3/c1-11-9-14(12(2)21-11)16-18-17-15(22-16)10-19-7-3-5-13(19)6-4-8-20/h9,13,20H,3-8,10H2,1-2H3. The van der Waals surface area contributed by atoms with E-state index >= 15 is 0 Å². The van der Waals surface area contributed by atoms with Gasteiger partial charge in [-0.2, -0.15) is 0 Å². The van der Waals surface area contributed by atoms with Crippen molar-refractivity contribution in [3.05, 3.63) is 23.5 Å². The third-order valence-electron chi connectivity index (χ3n) is 4.27. The van der Waals surface area contributed by atoms with Crippen molar-refractivity contribution < 1.29 is 13.9 Å². The smallest absolute Gasteiger partial charge is 0.251 e. The summed E-state index contributed by atoms with van der Waals surface area (Å²) in [6.07, 6.45) is 4.25. The fraction of sp³-hybridized carbons (Fsp3) is 0.625. The van der Waals surface area contributed by atoms with E-state index in [4.69, 9.17) is 13.9 Å². The molecule has 1 saturated heterocycles. The highest BCUT2D eigenvalue weighted by Crippen LogP contribution is 2.27. The molecule has 0 bridgehead atoms. The van der Waals surface area contributed by atoms with Gasteiger partial charge in [0.1, 0.15) is 11.5 Å². The average Bonchev–Trinajstić information content (AvgIpc) is 3.18. The third-order valence-corrected chi connectivity index (χ3v) is 4.27. The highest BCUT2D eigenvalue weighted by Gasteiger charge is 2.26. The topological polar surface area (TPSA) is 75.5 Å². The average molecular weight is 305 g/mol. The van der Waals surface area contributed by atoms with E-state index in [0.717, 1.165) is 36.5 Å². The molecule has 6 heteroatoms. The molecule has 3 rings (SSSR count). The lowest BCUT2D eigenvalue weighted by Crippen LogP contribution is -2.29. The van der Waals surface area contributed by atoms with E-state index in [1.165, 1.54) is 12.8 Å². The molecule has 0 spiro atoms. The van der Waals surface area contributed by atoms with Crippen LogP contribution in [0.25, 0.3) is 11.5 Å². The molecule has 0 amide bonds. The lowest BCUT2D eigenvalue weighted by Gasteiger charge is -2.22. The van der Waals surface area contributed by atoms with Gasteiger partial charge in [-0.1, -0.05) is 0 Å². The Morgan fingerprint density at radius 2 is 2.18 bits per heavy atom. The van der Waals surface area contributed by atoms with E-state index in [9.17, 15) is 0 Å². The van der Waals surface area contributed by atoms with E-state index in [-0.39, 0.29) is 6.61 Å². The Balaban J connectivity index is 1.68. The maximum Gasteiger partial charge on any atom is 0.251 e. The number of hydrogen-bond acceptors (Lipinski definition) is 6. The van der Waals surface area contributed by atoms with Gasteiger partial charge in [0.2, 0.25) is 5.89 Å². The van der Waals surface area contributed by atoms with E-state index < -0.39 is 0 Å². The van der Waals surface area contributed by atoms with Crippen LogP contribution in [0.2, 0.25) is 0 Å². The second kappa shape index (κ2) is 6.62. The molecule has 1 unspecified atom stereocenters. The Kier molecular flexibility index (Phi) is 4.59. The fourth-order valence-corrected chi connectivity index (χ4v) is 3.20. The number of aliphatic hydroxyl groups is 1. The van der Waals surface area contributed by atoms with Crippen LogP contribution in [0.4, 0.5) is 0 Å². The number of nitrogens with zero attached hydrogens (tertiary/aromatic N) is 3. The Bertz CT molecular complexity index is 620. The molecule has 1 aliphatic heterocycles. The highest BCUT2D eigenvalue weighted by molar-refractivity contribution is 5.55. The van der Waals surface area contributed by atoms with Crippen LogP contribution in [0, 0.1) is 13.8 Å². The van der Waals surface area contributed by atoms with Crippen molar-refractivity contribution in [1.82, 2.24) is 15.1 Å². The lowest BCUT2D eigenvalue weighted by molar-refractivity contribution is 0.195. The van der Waals surface area contributed by atoms with Gasteiger partial charge in [0.25, 0.3) is 5.89 Å². The van der Waals surface area contributed by atoms with Crippen LogP contribution in [0.3, 0.4) is 0 Å². The molecular formula is C16H23N3O3. The zero-order valence-electron chi connectivity index (χ0n) is 13.2. The summed E-state index contributed by atoms with van der Waals surface area (Å²) >= 11 is 0. The van der Waals surface area contributed by atoms with Crippen LogP contribution < -0.4 is 0 Å². The van der Waals surface area contributed by atoms with E-state index in [2.05, 4.69) is 15.1 Å². The van der Waals surface area contributed by atoms with Crippen LogP contribution in [0.1, 0.15) is 43.1 Å². The van der Waals surface area contributed by atoms with Gasteiger partial charge < -0.3 is 13.9 Å². The minimum absolute atomic E-state index is 0.258. The third kappa shape index (κ3) is 3.23. The summed E-state index contributed by atoms with van der Waals surface area (Å²) in [4.78, 5) is 2.38. The number of hydrogen-bond donors (Lipinski definition) is 1. The maximum atomic E-state index is 8.99. The lowest BCUT2D eigenvalue weighted by atomic mass is 10.1. The van der Waals surface area contributed by atoms with Gasteiger partial charge in [-0.05, 0) is 52.1 Å². The predicted octanol–water partition coefficient (Wildman–Crippen LogP) is 2.68. The van der Waals surface area contributed by atoms with Gasteiger partial charge in [-0.15, -0.1) is 10.2 Å². The second-order valence-corrected chi connectivity index (χ2v) is 5.96. The fourth-order valence-electron chi connectivity index (χ4n) is 3.20. The highest BCUT2D eigenvalue weighted by atomic mass is 16.4. The zero-order valence-corrected chi connectivity index (χ0v) is 13.2. The summed E-state index contributed by atoms with van der Waals surface area (Å²) in [7, 11) is 0. The number of furan rings is 1. The molecule has 6 nitrogen and oxygen atoms in total. The summed E-state index contributed by atoms with van der Waals surface area (Å²) in [5.41, 5.74) is 0.870. The van der Waals surface area contributed by atoms with Gasteiger partial charge in [0.15, 0.2) is 0 Å². The molecule has 0 radical (unpaired) electrons. The normalized spacial score (nSPS) is 19.1.